The highest BCUT2D eigenvalue weighted by Crippen LogP contribution is 2.47. The normalized spacial score (nSPS) is 15.4. The van der Waals surface area contributed by atoms with Crippen LogP contribution >= 0.6 is 0 Å². The van der Waals surface area contributed by atoms with E-state index in [1.165, 1.54) is 18.0 Å². The summed E-state index contributed by atoms with van der Waals surface area (Å²) < 4.78 is 5.34. The van der Waals surface area contributed by atoms with Crippen LogP contribution in [0.2, 0.25) is 0 Å². The van der Waals surface area contributed by atoms with Crippen LogP contribution in [0.5, 0.6) is 0 Å². The van der Waals surface area contributed by atoms with Gasteiger partial charge in [0, 0.05) is 14.1 Å². The van der Waals surface area contributed by atoms with Gasteiger partial charge in [-0.2, -0.15) is 0 Å². The van der Waals surface area contributed by atoms with E-state index in [1.807, 2.05) is 0 Å². The lowest BCUT2D eigenvalue weighted by atomic mass is 10.0. The minimum absolute atomic E-state index is 0.0817. The molecule has 7 nitrogen and oxygen atoms in total. The first-order valence-corrected chi connectivity index (χ1v) is 6.62. The van der Waals surface area contributed by atoms with Gasteiger partial charge in [-0.05, 0) is 25.8 Å². The second kappa shape index (κ2) is 5.23. The molecule has 2 amide bonds. The number of hydrogen-bond acceptors (Lipinski definition) is 4. The Hall–Kier alpha value is -2.31. The van der Waals surface area contributed by atoms with Gasteiger partial charge in [0.15, 0.2) is 0 Å². The Bertz CT molecular complexity index is 601. The van der Waals surface area contributed by atoms with Crippen LogP contribution in [-0.2, 0) is 16.1 Å². The number of aryl methyl sites for hydroxylation is 1. The molecule has 1 aromatic rings. The van der Waals surface area contributed by atoms with Gasteiger partial charge < -0.3 is 19.7 Å². The van der Waals surface area contributed by atoms with Crippen molar-refractivity contribution >= 4 is 17.8 Å². The van der Waals surface area contributed by atoms with Crippen molar-refractivity contribution in [2.45, 2.75) is 26.3 Å². The number of rotatable bonds is 5. The molecule has 0 atom stereocenters. The summed E-state index contributed by atoms with van der Waals surface area (Å²) in [6, 6.07) is 1.40. The minimum Gasteiger partial charge on any atom is -0.478 e. The van der Waals surface area contributed by atoms with Gasteiger partial charge in [0.05, 0.1) is 6.54 Å². The molecular weight excluding hydrogens is 276 g/mol. The van der Waals surface area contributed by atoms with Gasteiger partial charge in [-0.25, -0.2) is 4.79 Å². The molecule has 7 heteroatoms. The van der Waals surface area contributed by atoms with Crippen LogP contribution in [0.15, 0.2) is 10.5 Å². The zero-order valence-corrected chi connectivity index (χ0v) is 12.2. The lowest BCUT2D eigenvalue weighted by molar-refractivity contribution is -0.143. The second-order valence-electron chi connectivity index (χ2n) is 5.31. The lowest BCUT2D eigenvalue weighted by Crippen LogP contribution is -2.42. The Labute approximate surface area is 121 Å². The first kappa shape index (κ1) is 15.1. The van der Waals surface area contributed by atoms with Crippen LogP contribution in [0.3, 0.4) is 0 Å². The van der Waals surface area contributed by atoms with Gasteiger partial charge in [0.25, 0.3) is 0 Å². The number of carboxylic acid groups (broad SMARTS) is 1. The summed E-state index contributed by atoms with van der Waals surface area (Å²) in [6.45, 7) is 1.69. The molecule has 2 N–H and O–H groups in total. The summed E-state index contributed by atoms with van der Waals surface area (Å²) in [5.41, 5.74) is -0.876. The van der Waals surface area contributed by atoms with E-state index in [4.69, 9.17) is 9.52 Å². The van der Waals surface area contributed by atoms with Crippen molar-refractivity contribution in [3.05, 3.63) is 23.2 Å². The van der Waals surface area contributed by atoms with E-state index in [0.717, 1.165) is 0 Å². The van der Waals surface area contributed by atoms with Gasteiger partial charge in [-0.3, -0.25) is 9.59 Å². The maximum atomic E-state index is 12.4. The topological polar surface area (TPSA) is 99.9 Å². The van der Waals surface area contributed by atoms with Crippen molar-refractivity contribution in [1.29, 1.82) is 0 Å². The Morgan fingerprint density at radius 1 is 1.43 bits per heavy atom. The molecule has 0 unspecified atom stereocenters. The van der Waals surface area contributed by atoms with Gasteiger partial charge in [0.1, 0.15) is 22.5 Å². The van der Waals surface area contributed by atoms with E-state index in [2.05, 4.69) is 5.32 Å². The SMILES string of the molecule is CNC(=O)C1(C(=O)N(C)Cc2cc(C(=O)O)c(C)o2)CC1. The zero-order chi connectivity index (χ0) is 15.8. The van der Waals surface area contributed by atoms with E-state index >= 15 is 0 Å². The average molecular weight is 294 g/mol. The van der Waals surface area contributed by atoms with Crippen LogP contribution in [0.25, 0.3) is 0 Å². The van der Waals surface area contributed by atoms with Crippen LogP contribution in [-0.4, -0.2) is 41.9 Å². The molecule has 1 heterocycles. The molecule has 0 radical (unpaired) electrons. The van der Waals surface area contributed by atoms with Crippen LogP contribution < -0.4 is 5.32 Å². The van der Waals surface area contributed by atoms with Crippen molar-refractivity contribution in [3.8, 4) is 0 Å². The van der Waals surface area contributed by atoms with Gasteiger partial charge in [0.2, 0.25) is 11.8 Å². The van der Waals surface area contributed by atoms with Gasteiger partial charge in [-0.1, -0.05) is 0 Å². The molecule has 0 saturated heterocycles. The fourth-order valence-corrected chi connectivity index (χ4v) is 2.41. The summed E-state index contributed by atoms with van der Waals surface area (Å²) in [5.74, 6) is -0.936. The van der Waals surface area contributed by atoms with Crippen LogP contribution in [0, 0.1) is 12.3 Å². The fraction of sp³-hybridized carbons (Fsp3) is 0.500. The number of carbonyl (C=O) groups excluding carboxylic acids is 2. The highest BCUT2D eigenvalue weighted by Gasteiger charge is 2.57. The van der Waals surface area contributed by atoms with E-state index in [1.54, 1.807) is 14.0 Å². The molecule has 0 spiro atoms. The predicted octanol–water partition coefficient (Wildman–Crippen LogP) is 0.771. The summed E-state index contributed by atoms with van der Waals surface area (Å²) in [5, 5.41) is 11.5. The highest BCUT2D eigenvalue weighted by molar-refractivity contribution is 6.07. The van der Waals surface area contributed by atoms with Crippen molar-refractivity contribution in [3.63, 3.8) is 0 Å². The minimum atomic E-state index is -1.07. The molecule has 1 fully saturated rings. The van der Waals surface area contributed by atoms with Crippen LogP contribution in [0.1, 0.15) is 34.7 Å². The Kier molecular flexibility index (Phi) is 3.76. The molecule has 0 aromatic carbocycles. The quantitative estimate of drug-likeness (QED) is 0.781. The fourth-order valence-electron chi connectivity index (χ4n) is 2.41. The zero-order valence-electron chi connectivity index (χ0n) is 12.2. The summed E-state index contributed by atoms with van der Waals surface area (Å²) in [7, 11) is 3.08. The van der Waals surface area contributed by atoms with Gasteiger partial charge >= 0.3 is 5.97 Å². The number of nitrogens with zero attached hydrogens (tertiary/aromatic N) is 1. The first-order valence-electron chi connectivity index (χ1n) is 6.62. The number of amides is 2. The molecule has 21 heavy (non-hydrogen) atoms. The van der Waals surface area contributed by atoms with Crippen molar-refractivity contribution in [2.24, 2.45) is 5.41 Å². The number of carbonyl (C=O) groups is 3. The molecule has 1 aliphatic rings. The van der Waals surface area contributed by atoms with E-state index in [9.17, 15) is 14.4 Å². The second-order valence-corrected chi connectivity index (χ2v) is 5.31. The van der Waals surface area contributed by atoms with E-state index < -0.39 is 11.4 Å². The third-order valence-corrected chi connectivity index (χ3v) is 3.76. The maximum Gasteiger partial charge on any atom is 0.339 e. The molecule has 1 aliphatic carbocycles. The van der Waals surface area contributed by atoms with Crippen molar-refractivity contribution < 1.29 is 23.9 Å². The molecule has 0 bridgehead atoms. The smallest absolute Gasteiger partial charge is 0.339 e. The lowest BCUT2D eigenvalue weighted by Gasteiger charge is -2.21. The number of carboxylic acids is 1. The molecule has 114 valence electrons. The summed E-state index contributed by atoms with van der Waals surface area (Å²) in [4.78, 5) is 36.5. The Balaban J connectivity index is 2.10. The summed E-state index contributed by atoms with van der Waals surface area (Å²) >= 11 is 0. The first-order chi connectivity index (χ1) is 9.81. The molecule has 0 aliphatic heterocycles. The van der Waals surface area contributed by atoms with E-state index in [0.29, 0.717) is 24.4 Å². The average Bonchev–Trinajstić information content (AvgIpc) is 3.16. The third kappa shape index (κ3) is 2.63. The predicted molar refractivity (Wildman–Crippen MR) is 72.6 cm³/mol. The van der Waals surface area contributed by atoms with Crippen molar-refractivity contribution in [2.75, 3.05) is 14.1 Å². The highest BCUT2D eigenvalue weighted by atomic mass is 16.4. The monoisotopic (exact) mass is 294 g/mol. The Morgan fingerprint density at radius 2 is 2.05 bits per heavy atom. The van der Waals surface area contributed by atoms with Crippen molar-refractivity contribution in [1.82, 2.24) is 10.2 Å². The number of furan rings is 1. The summed E-state index contributed by atoms with van der Waals surface area (Å²) in [6.07, 6.45) is 1.07. The number of hydrogen-bond donors (Lipinski definition) is 2. The molecular formula is C14H18N2O5. The number of aromatic carboxylic acids is 1. The standard InChI is InChI=1S/C14H18N2O5/c1-8-10(11(17)18)6-9(21-8)7-16(3)13(20)14(4-5-14)12(19)15-2/h6H,4-5,7H2,1-3H3,(H,15,19)(H,17,18). The third-order valence-electron chi connectivity index (χ3n) is 3.76. The molecule has 2 rings (SSSR count). The van der Waals surface area contributed by atoms with Gasteiger partial charge in [-0.15, -0.1) is 0 Å². The molecule has 1 aromatic heterocycles. The van der Waals surface area contributed by atoms with E-state index in [-0.39, 0.29) is 23.9 Å². The maximum absolute atomic E-state index is 12.4. The largest absolute Gasteiger partial charge is 0.478 e. The molecule has 1 saturated carbocycles. The number of nitrogens with one attached hydrogen (secondary N) is 1. The Morgan fingerprint density at radius 3 is 2.48 bits per heavy atom. The van der Waals surface area contributed by atoms with Crippen LogP contribution in [0.4, 0.5) is 0 Å².